The third-order valence-corrected chi connectivity index (χ3v) is 4.59. The van der Waals surface area contributed by atoms with Gasteiger partial charge in [-0.1, -0.05) is 44.6 Å². The summed E-state index contributed by atoms with van der Waals surface area (Å²) in [5.41, 5.74) is 0. The lowest BCUT2D eigenvalue weighted by atomic mass is 10.3. The zero-order valence-corrected chi connectivity index (χ0v) is 14.9. The smallest absolute Gasteiger partial charge is 0.0558 e. The molecule has 0 aromatic heterocycles. The van der Waals surface area contributed by atoms with Crippen LogP contribution in [-0.2, 0) is 0 Å². The monoisotopic (exact) mass is 444 g/mol. The van der Waals surface area contributed by atoms with E-state index in [1.165, 1.54) is 0 Å². The van der Waals surface area contributed by atoms with E-state index in [0.29, 0.717) is 26.2 Å². The minimum Gasteiger partial charge on any atom is -0.395 e. The first-order chi connectivity index (χ1) is 11.7. The highest BCUT2D eigenvalue weighted by Gasteiger charge is 2.15. The maximum absolute atomic E-state index is 9.26. The van der Waals surface area contributed by atoms with E-state index in [1.807, 2.05) is 0 Å². The molecule has 1 aliphatic heterocycles. The van der Waals surface area contributed by atoms with Gasteiger partial charge < -0.3 is 20.4 Å². The zero-order valence-electron chi connectivity index (χ0n) is 14.9. The fourth-order valence-corrected chi connectivity index (χ4v) is 3.04. The molecule has 1 saturated heterocycles. The van der Waals surface area contributed by atoms with Gasteiger partial charge in [-0.15, -0.1) is 0 Å². The Kier molecular flexibility index (Phi) is 41.6. The minimum atomic E-state index is 0. The quantitative estimate of drug-likeness (QED) is 0.440. The molecule has 192 valence electrons. The second-order valence-corrected chi connectivity index (χ2v) is 6.26. The van der Waals surface area contributed by atoms with Gasteiger partial charge in [-0.25, -0.2) is 0 Å². The van der Waals surface area contributed by atoms with Gasteiger partial charge in [0.1, 0.15) is 0 Å². The van der Waals surface area contributed by atoms with Crippen LogP contribution in [0, 0.1) is 0 Å². The molecule has 0 spiro atoms. The van der Waals surface area contributed by atoms with Gasteiger partial charge in [-0.2, -0.15) is 0 Å². The summed E-state index contributed by atoms with van der Waals surface area (Å²) in [6, 6.07) is 0. The van der Waals surface area contributed by atoms with E-state index in [9.17, 15) is 20.4 Å². The molecule has 0 aromatic carbocycles. The molecule has 0 radical (unpaired) electrons. The number of aliphatic hydroxyl groups excluding tert-OH is 4. The molecule has 0 unspecified atom stereocenters. The number of rotatable bonds is 8. The molecule has 1 heterocycles. The zero-order chi connectivity index (χ0) is 17.6. The molecule has 8 nitrogen and oxygen atoms in total. The molecule has 1 aliphatic rings. The molecule has 0 aliphatic carbocycles. The van der Waals surface area contributed by atoms with E-state index in [4.69, 9.17) is 0 Å². The van der Waals surface area contributed by atoms with Crippen molar-refractivity contribution in [3.05, 3.63) is 0 Å². The van der Waals surface area contributed by atoms with E-state index in [2.05, 4.69) is 19.6 Å². The van der Waals surface area contributed by atoms with Crippen molar-refractivity contribution in [2.45, 2.75) is 44.6 Å². The summed E-state index contributed by atoms with van der Waals surface area (Å²) in [4.78, 5) is 8.95. The summed E-state index contributed by atoms with van der Waals surface area (Å²) < 4.78 is 0. The van der Waals surface area contributed by atoms with Crippen LogP contribution in [0.4, 0.5) is 0 Å². The van der Waals surface area contributed by atoms with Gasteiger partial charge in [0.05, 0.1) is 26.4 Å². The summed E-state index contributed by atoms with van der Waals surface area (Å²) in [5, 5.41) is 37.0. The van der Waals surface area contributed by atoms with Gasteiger partial charge in [0, 0.05) is 78.5 Å². The molecule has 4 N–H and O–H groups in total. The highest BCUT2D eigenvalue weighted by Crippen LogP contribution is 2.00. The molecule has 30 heavy (non-hydrogen) atoms. The Morgan fingerprint density at radius 2 is 0.467 bits per heavy atom. The highest BCUT2D eigenvalue weighted by molar-refractivity contribution is 4.71. The molecule has 0 aromatic rings. The number of hydrogen-bond donors (Lipinski definition) is 4. The number of hydrogen-bond acceptors (Lipinski definition) is 8. The van der Waals surface area contributed by atoms with E-state index in [-0.39, 0.29) is 71.0 Å². The van der Waals surface area contributed by atoms with Crippen LogP contribution in [0.5, 0.6) is 0 Å². The maximum atomic E-state index is 9.26. The third kappa shape index (κ3) is 19.6. The van der Waals surface area contributed by atoms with E-state index in [0.717, 1.165) is 52.4 Å². The van der Waals surface area contributed by atoms with Crippen LogP contribution in [0.2, 0.25) is 0 Å². The van der Waals surface area contributed by atoms with Crippen molar-refractivity contribution >= 4 is 0 Å². The molecule has 8 heteroatoms. The summed E-state index contributed by atoms with van der Waals surface area (Å²) in [7, 11) is 0. The SMILES string of the molecule is C.C.C.C.C.C.OCCN1CCN(CCO)CCN(CCO)CCN(CCO)CC1. The Morgan fingerprint density at radius 3 is 0.567 bits per heavy atom. The molecular formula is C22H60N4O4. The molecule has 0 saturated carbocycles. The number of nitrogens with zero attached hydrogens (tertiary/aromatic N) is 4. The average Bonchev–Trinajstić information content (AvgIpc) is 2.57. The average molecular weight is 445 g/mol. The van der Waals surface area contributed by atoms with Crippen molar-refractivity contribution in [3.63, 3.8) is 0 Å². The number of β-amino-alcohol motifs (C(OH)–C–C–N with tert-alkyl or cyclic N) is 4. The predicted octanol–water partition coefficient (Wildman–Crippen LogP) is 0.994. The summed E-state index contributed by atoms with van der Waals surface area (Å²) >= 11 is 0. The molecular weight excluding hydrogens is 384 g/mol. The molecule has 0 amide bonds. The summed E-state index contributed by atoms with van der Waals surface area (Å²) in [6.07, 6.45) is 0. The molecule has 0 bridgehead atoms. The Balaban J connectivity index is -0.000000240. The van der Waals surface area contributed by atoms with Crippen molar-refractivity contribution < 1.29 is 20.4 Å². The van der Waals surface area contributed by atoms with Crippen LogP contribution >= 0.6 is 0 Å². The molecule has 1 fully saturated rings. The van der Waals surface area contributed by atoms with Gasteiger partial charge in [0.25, 0.3) is 0 Å². The van der Waals surface area contributed by atoms with Crippen LogP contribution in [0.3, 0.4) is 0 Å². The second-order valence-electron chi connectivity index (χ2n) is 6.26. The van der Waals surface area contributed by atoms with Gasteiger partial charge in [0.15, 0.2) is 0 Å². The van der Waals surface area contributed by atoms with Gasteiger partial charge in [-0.05, 0) is 0 Å². The van der Waals surface area contributed by atoms with Gasteiger partial charge in [0.2, 0.25) is 0 Å². The van der Waals surface area contributed by atoms with Crippen molar-refractivity contribution in [3.8, 4) is 0 Å². The van der Waals surface area contributed by atoms with Gasteiger partial charge >= 0.3 is 0 Å². The van der Waals surface area contributed by atoms with Crippen molar-refractivity contribution in [1.29, 1.82) is 0 Å². The lowest BCUT2D eigenvalue weighted by molar-refractivity contribution is 0.0984. The summed E-state index contributed by atoms with van der Waals surface area (Å²) in [5.74, 6) is 0. The maximum Gasteiger partial charge on any atom is 0.0558 e. The van der Waals surface area contributed by atoms with Crippen molar-refractivity contribution in [2.75, 3.05) is 105 Å². The predicted molar refractivity (Wildman–Crippen MR) is 134 cm³/mol. The Morgan fingerprint density at radius 1 is 0.333 bits per heavy atom. The fourth-order valence-electron chi connectivity index (χ4n) is 3.04. The topological polar surface area (TPSA) is 93.9 Å². The highest BCUT2D eigenvalue weighted by atomic mass is 16.3. The Hall–Kier alpha value is -0.320. The number of aliphatic hydroxyl groups is 4. The third-order valence-electron chi connectivity index (χ3n) is 4.59. The van der Waals surface area contributed by atoms with E-state index >= 15 is 0 Å². The Bertz CT molecular complexity index is 230. The van der Waals surface area contributed by atoms with Crippen LogP contribution in [0.15, 0.2) is 0 Å². The lowest BCUT2D eigenvalue weighted by Crippen LogP contribution is -2.47. The first-order valence-corrected chi connectivity index (χ1v) is 9.06. The van der Waals surface area contributed by atoms with Crippen LogP contribution < -0.4 is 0 Å². The van der Waals surface area contributed by atoms with Crippen LogP contribution in [0.25, 0.3) is 0 Å². The second kappa shape index (κ2) is 28.7. The minimum absolute atomic E-state index is 0. The van der Waals surface area contributed by atoms with Crippen LogP contribution in [-0.4, -0.2) is 145 Å². The van der Waals surface area contributed by atoms with Crippen molar-refractivity contribution in [2.24, 2.45) is 0 Å². The van der Waals surface area contributed by atoms with E-state index < -0.39 is 0 Å². The first kappa shape index (κ1) is 43.5. The molecule has 1 rings (SSSR count). The summed E-state index contributed by atoms with van der Waals surface area (Å²) in [6.45, 7) is 10.0. The molecule has 0 atom stereocenters. The Labute approximate surface area is 190 Å². The van der Waals surface area contributed by atoms with Crippen LogP contribution in [0.1, 0.15) is 44.6 Å². The van der Waals surface area contributed by atoms with Crippen molar-refractivity contribution in [1.82, 2.24) is 19.6 Å². The standard InChI is InChI=1S/C16H36N4O4.6CH4/c21-13-9-17-1-2-18(10-14-22)5-6-20(12-16-24)8-7-19(4-3-17)11-15-23;;;;;;/h21-24H,1-16H2;6*1H4. The van der Waals surface area contributed by atoms with Gasteiger partial charge in [-0.3, -0.25) is 19.6 Å². The first-order valence-electron chi connectivity index (χ1n) is 9.06. The van der Waals surface area contributed by atoms with E-state index in [1.54, 1.807) is 0 Å². The largest absolute Gasteiger partial charge is 0.395 e. The normalized spacial score (nSPS) is 17.2. The fraction of sp³-hybridized carbons (Fsp3) is 1.00. The lowest BCUT2D eigenvalue weighted by Gasteiger charge is -2.33.